The SMILES string of the molecule is C=C(CCCCCBr)CCCCCBr. The lowest BCUT2D eigenvalue weighted by Gasteiger charge is -2.04. The maximum atomic E-state index is 4.13. The van der Waals surface area contributed by atoms with Crippen molar-refractivity contribution >= 4 is 31.9 Å². The summed E-state index contributed by atoms with van der Waals surface area (Å²) >= 11 is 6.90. The molecule has 0 aliphatic rings. The number of rotatable bonds is 10. The van der Waals surface area contributed by atoms with Crippen molar-refractivity contribution in [2.24, 2.45) is 0 Å². The molecule has 0 aromatic carbocycles. The molecule has 0 saturated carbocycles. The van der Waals surface area contributed by atoms with Crippen LogP contribution in [0.2, 0.25) is 0 Å². The summed E-state index contributed by atoms with van der Waals surface area (Å²) in [5.41, 5.74) is 1.45. The molecule has 0 bridgehead atoms. The Labute approximate surface area is 106 Å². The molecule has 2 heteroatoms. The Morgan fingerprint density at radius 3 is 1.50 bits per heavy atom. The van der Waals surface area contributed by atoms with Gasteiger partial charge in [0.2, 0.25) is 0 Å². The van der Waals surface area contributed by atoms with Crippen molar-refractivity contribution in [3.05, 3.63) is 12.2 Å². The van der Waals surface area contributed by atoms with Crippen molar-refractivity contribution in [2.75, 3.05) is 10.7 Å². The maximum absolute atomic E-state index is 4.13. The van der Waals surface area contributed by atoms with Crippen LogP contribution in [0.25, 0.3) is 0 Å². The topological polar surface area (TPSA) is 0 Å². The van der Waals surface area contributed by atoms with E-state index in [0.717, 1.165) is 10.7 Å². The molecule has 0 aromatic rings. The summed E-state index contributed by atoms with van der Waals surface area (Å²) in [6.45, 7) is 4.13. The average Bonchev–Trinajstić information content (AvgIpc) is 2.19. The van der Waals surface area contributed by atoms with Gasteiger partial charge < -0.3 is 0 Å². The van der Waals surface area contributed by atoms with E-state index in [2.05, 4.69) is 38.4 Å². The van der Waals surface area contributed by atoms with E-state index in [1.165, 1.54) is 56.9 Å². The summed E-state index contributed by atoms with van der Waals surface area (Å²) in [5.74, 6) is 0. The van der Waals surface area contributed by atoms with Gasteiger partial charge in [-0.05, 0) is 38.5 Å². The second-order valence-corrected chi connectivity index (χ2v) is 5.34. The number of alkyl halides is 2. The minimum Gasteiger partial charge on any atom is -0.0999 e. The van der Waals surface area contributed by atoms with Crippen LogP contribution in [0.15, 0.2) is 12.2 Å². The van der Waals surface area contributed by atoms with E-state index in [1.807, 2.05) is 0 Å². The summed E-state index contributed by atoms with van der Waals surface area (Å²) in [4.78, 5) is 0. The minimum atomic E-state index is 1.14. The molecule has 0 aliphatic carbocycles. The monoisotopic (exact) mass is 324 g/mol. The summed E-state index contributed by atoms with van der Waals surface area (Å²) in [6.07, 6.45) is 10.4. The first-order valence-corrected chi connectivity index (χ1v) is 7.84. The fourth-order valence-corrected chi connectivity index (χ4v) is 2.21. The minimum absolute atomic E-state index is 1.14. The van der Waals surface area contributed by atoms with Crippen LogP contribution in [0.4, 0.5) is 0 Å². The smallest absolute Gasteiger partial charge is 0.00313 e. The normalized spacial score (nSPS) is 10.4. The van der Waals surface area contributed by atoms with Gasteiger partial charge in [-0.15, -0.1) is 0 Å². The highest BCUT2D eigenvalue weighted by Crippen LogP contribution is 2.15. The van der Waals surface area contributed by atoms with Crippen LogP contribution < -0.4 is 0 Å². The Hall–Kier alpha value is 0.700. The fraction of sp³-hybridized carbons (Fsp3) is 0.833. The molecular formula is C12H22Br2. The van der Waals surface area contributed by atoms with E-state index in [4.69, 9.17) is 0 Å². The predicted molar refractivity (Wildman–Crippen MR) is 73.7 cm³/mol. The molecule has 0 aliphatic heterocycles. The average molecular weight is 326 g/mol. The molecule has 0 unspecified atom stereocenters. The highest BCUT2D eigenvalue weighted by molar-refractivity contribution is 9.09. The summed E-state index contributed by atoms with van der Waals surface area (Å²) in [7, 11) is 0. The van der Waals surface area contributed by atoms with Crippen molar-refractivity contribution < 1.29 is 0 Å². The molecule has 0 saturated heterocycles. The van der Waals surface area contributed by atoms with Crippen LogP contribution in [0.1, 0.15) is 51.4 Å². The van der Waals surface area contributed by atoms with Crippen LogP contribution in [-0.2, 0) is 0 Å². The van der Waals surface area contributed by atoms with Gasteiger partial charge in [-0.2, -0.15) is 0 Å². The zero-order valence-electron chi connectivity index (χ0n) is 9.03. The fourth-order valence-electron chi connectivity index (χ4n) is 1.42. The molecule has 0 spiro atoms. The molecule has 0 fully saturated rings. The van der Waals surface area contributed by atoms with E-state index >= 15 is 0 Å². The quantitative estimate of drug-likeness (QED) is 0.284. The summed E-state index contributed by atoms with van der Waals surface area (Å²) in [5, 5.41) is 2.29. The number of allylic oxidation sites excluding steroid dienone is 1. The molecule has 14 heavy (non-hydrogen) atoms. The highest BCUT2D eigenvalue weighted by Gasteiger charge is 1.95. The first-order chi connectivity index (χ1) is 6.81. The highest BCUT2D eigenvalue weighted by atomic mass is 79.9. The first kappa shape index (κ1) is 14.7. The van der Waals surface area contributed by atoms with E-state index in [-0.39, 0.29) is 0 Å². The van der Waals surface area contributed by atoms with Crippen LogP contribution in [-0.4, -0.2) is 10.7 Å². The summed E-state index contributed by atoms with van der Waals surface area (Å²) in [6, 6.07) is 0. The number of hydrogen-bond acceptors (Lipinski definition) is 0. The molecule has 0 amide bonds. The van der Waals surface area contributed by atoms with Crippen LogP contribution in [0.5, 0.6) is 0 Å². The lowest BCUT2D eigenvalue weighted by atomic mass is 10.0. The molecular weight excluding hydrogens is 304 g/mol. The second-order valence-electron chi connectivity index (χ2n) is 3.75. The molecule has 0 atom stereocenters. The van der Waals surface area contributed by atoms with Gasteiger partial charge >= 0.3 is 0 Å². The summed E-state index contributed by atoms with van der Waals surface area (Å²) < 4.78 is 0. The van der Waals surface area contributed by atoms with Crippen LogP contribution >= 0.6 is 31.9 Å². The zero-order chi connectivity index (χ0) is 10.6. The Balaban J connectivity index is 3.11. The molecule has 0 N–H and O–H groups in total. The Morgan fingerprint density at radius 1 is 0.714 bits per heavy atom. The lowest BCUT2D eigenvalue weighted by molar-refractivity contribution is 0.666. The van der Waals surface area contributed by atoms with Gasteiger partial charge in [0.05, 0.1) is 0 Å². The van der Waals surface area contributed by atoms with Crippen molar-refractivity contribution in [1.29, 1.82) is 0 Å². The first-order valence-electron chi connectivity index (χ1n) is 5.60. The Kier molecular flexibility index (Phi) is 12.4. The number of unbranched alkanes of at least 4 members (excludes halogenated alkanes) is 4. The molecule has 0 rings (SSSR count). The van der Waals surface area contributed by atoms with Crippen molar-refractivity contribution in [2.45, 2.75) is 51.4 Å². The van der Waals surface area contributed by atoms with Gasteiger partial charge in [-0.3, -0.25) is 0 Å². The van der Waals surface area contributed by atoms with Crippen LogP contribution in [0, 0.1) is 0 Å². The molecule has 0 heterocycles. The largest absolute Gasteiger partial charge is 0.0999 e. The van der Waals surface area contributed by atoms with Crippen molar-refractivity contribution in [1.82, 2.24) is 0 Å². The molecule has 84 valence electrons. The van der Waals surface area contributed by atoms with Gasteiger partial charge in [-0.1, -0.05) is 56.9 Å². The third-order valence-electron chi connectivity index (χ3n) is 2.33. The zero-order valence-corrected chi connectivity index (χ0v) is 12.2. The third-order valence-corrected chi connectivity index (χ3v) is 3.45. The maximum Gasteiger partial charge on any atom is 0.00313 e. The predicted octanol–water partition coefficient (Wildman–Crippen LogP) is 5.45. The van der Waals surface area contributed by atoms with Gasteiger partial charge in [0.15, 0.2) is 0 Å². The lowest BCUT2D eigenvalue weighted by Crippen LogP contribution is -1.86. The van der Waals surface area contributed by atoms with E-state index in [0.29, 0.717) is 0 Å². The second kappa shape index (κ2) is 11.8. The Morgan fingerprint density at radius 2 is 1.14 bits per heavy atom. The van der Waals surface area contributed by atoms with Crippen LogP contribution in [0.3, 0.4) is 0 Å². The molecule has 0 nitrogen and oxygen atoms in total. The van der Waals surface area contributed by atoms with E-state index < -0.39 is 0 Å². The third kappa shape index (κ3) is 10.8. The molecule has 0 radical (unpaired) electrons. The van der Waals surface area contributed by atoms with E-state index in [9.17, 15) is 0 Å². The van der Waals surface area contributed by atoms with Gasteiger partial charge in [-0.25, -0.2) is 0 Å². The van der Waals surface area contributed by atoms with Gasteiger partial charge in [0.1, 0.15) is 0 Å². The standard InChI is InChI=1S/C12H22Br2/c1-12(8-4-2-6-10-13)9-5-3-7-11-14/h1-11H2. The van der Waals surface area contributed by atoms with Crippen molar-refractivity contribution in [3.8, 4) is 0 Å². The van der Waals surface area contributed by atoms with Gasteiger partial charge in [0.25, 0.3) is 0 Å². The number of hydrogen-bond donors (Lipinski definition) is 0. The number of halogens is 2. The van der Waals surface area contributed by atoms with Gasteiger partial charge in [0, 0.05) is 10.7 Å². The Bertz CT molecular complexity index is 118. The molecule has 0 aromatic heterocycles. The van der Waals surface area contributed by atoms with E-state index in [1.54, 1.807) is 0 Å². The van der Waals surface area contributed by atoms with Crippen molar-refractivity contribution in [3.63, 3.8) is 0 Å².